The summed E-state index contributed by atoms with van der Waals surface area (Å²) in [5, 5.41) is 5.55. The molecule has 0 bridgehead atoms. The molecule has 108 valence electrons. The van der Waals surface area contributed by atoms with Gasteiger partial charge in [0.1, 0.15) is 0 Å². The van der Waals surface area contributed by atoms with Crippen molar-refractivity contribution in [1.29, 1.82) is 0 Å². The van der Waals surface area contributed by atoms with Crippen LogP contribution in [-0.2, 0) is 11.3 Å². The highest BCUT2D eigenvalue weighted by Crippen LogP contribution is 2.04. The molecule has 0 fully saturated rings. The molecule has 0 aliphatic heterocycles. The lowest BCUT2D eigenvalue weighted by Crippen LogP contribution is -2.47. The molecule has 2 aromatic rings. The predicted molar refractivity (Wildman–Crippen MR) is 81.9 cm³/mol. The van der Waals surface area contributed by atoms with Crippen LogP contribution in [0.2, 0.25) is 0 Å². The lowest BCUT2D eigenvalue weighted by Gasteiger charge is -2.15. The zero-order chi connectivity index (χ0) is 15.1. The Balaban J connectivity index is 2.00. The van der Waals surface area contributed by atoms with Gasteiger partial charge < -0.3 is 10.6 Å². The molecular weight excluding hydrogens is 264 g/mol. The van der Waals surface area contributed by atoms with Gasteiger partial charge in [0.15, 0.2) is 11.8 Å². The molecule has 2 N–H and O–H groups in total. The van der Waals surface area contributed by atoms with E-state index in [0.29, 0.717) is 12.1 Å². The van der Waals surface area contributed by atoms with Crippen molar-refractivity contribution in [2.75, 3.05) is 7.05 Å². The molecule has 2 aromatic carbocycles. The third kappa shape index (κ3) is 4.00. The molecule has 0 aromatic heterocycles. The summed E-state index contributed by atoms with van der Waals surface area (Å²) < 4.78 is 0. The molecule has 1 unspecified atom stereocenters. The van der Waals surface area contributed by atoms with Gasteiger partial charge in [-0.1, -0.05) is 60.7 Å². The molecule has 4 heteroatoms. The molecule has 0 saturated carbocycles. The van der Waals surface area contributed by atoms with Crippen LogP contribution in [0, 0.1) is 0 Å². The maximum Gasteiger partial charge on any atom is 0.245 e. The molecule has 21 heavy (non-hydrogen) atoms. The topological polar surface area (TPSA) is 58.2 Å². The Morgan fingerprint density at radius 2 is 1.52 bits per heavy atom. The van der Waals surface area contributed by atoms with E-state index in [1.807, 2.05) is 36.4 Å². The summed E-state index contributed by atoms with van der Waals surface area (Å²) in [7, 11) is 1.60. The Hall–Kier alpha value is -2.46. The lowest BCUT2D eigenvalue weighted by molar-refractivity contribution is -0.122. The van der Waals surface area contributed by atoms with Crippen LogP contribution in [0.3, 0.4) is 0 Å². The lowest BCUT2D eigenvalue weighted by atomic mass is 10.0. The van der Waals surface area contributed by atoms with Gasteiger partial charge in [0.05, 0.1) is 0 Å². The van der Waals surface area contributed by atoms with E-state index in [1.54, 1.807) is 31.3 Å². The maximum absolute atomic E-state index is 12.3. The maximum atomic E-state index is 12.3. The van der Waals surface area contributed by atoms with Crippen LogP contribution in [0.25, 0.3) is 0 Å². The molecule has 0 heterocycles. The van der Waals surface area contributed by atoms with Gasteiger partial charge in [-0.05, 0) is 12.6 Å². The van der Waals surface area contributed by atoms with E-state index in [9.17, 15) is 9.59 Å². The third-order valence-electron chi connectivity index (χ3n) is 3.18. The summed E-state index contributed by atoms with van der Waals surface area (Å²) in [6, 6.07) is 17.5. The Morgan fingerprint density at radius 3 is 2.10 bits per heavy atom. The van der Waals surface area contributed by atoms with Crippen LogP contribution < -0.4 is 10.6 Å². The van der Waals surface area contributed by atoms with Crippen molar-refractivity contribution < 1.29 is 9.59 Å². The molecule has 0 spiro atoms. The van der Waals surface area contributed by atoms with E-state index in [2.05, 4.69) is 10.6 Å². The first-order valence-electron chi connectivity index (χ1n) is 6.80. The second-order valence-corrected chi connectivity index (χ2v) is 4.66. The smallest absolute Gasteiger partial charge is 0.245 e. The molecule has 1 amide bonds. The summed E-state index contributed by atoms with van der Waals surface area (Å²) in [4.78, 5) is 24.5. The second-order valence-electron chi connectivity index (χ2n) is 4.66. The average Bonchev–Trinajstić information content (AvgIpc) is 2.55. The van der Waals surface area contributed by atoms with Gasteiger partial charge in [0.2, 0.25) is 5.91 Å². The molecule has 1 atom stereocenters. The number of likely N-dealkylation sites (N-methyl/N-ethyl adjacent to an activating group) is 1. The Morgan fingerprint density at radius 1 is 0.952 bits per heavy atom. The highest BCUT2D eigenvalue weighted by Gasteiger charge is 2.25. The predicted octanol–water partition coefficient (Wildman–Crippen LogP) is 1.77. The standard InChI is InChI=1S/C17H18N2O2/c1-18-15(16(20)14-10-6-3-7-11-14)17(21)19-12-13-8-4-2-5-9-13/h2-11,15,18H,12H2,1H3,(H,19,21). The van der Waals surface area contributed by atoms with Crippen molar-refractivity contribution in [1.82, 2.24) is 10.6 Å². The first kappa shape index (κ1) is 14.9. The molecule has 2 rings (SSSR count). The number of nitrogens with one attached hydrogen (secondary N) is 2. The van der Waals surface area contributed by atoms with Crippen molar-refractivity contribution in [2.24, 2.45) is 0 Å². The van der Waals surface area contributed by atoms with E-state index in [1.165, 1.54) is 0 Å². The fourth-order valence-corrected chi connectivity index (χ4v) is 2.04. The second kappa shape index (κ2) is 7.36. The first-order chi connectivity index (χ1) is 10.2. The van der Waals surface area contributed by atoms with Crippen LogP contribution in [-0.4, -0.2) is 24.8 Å². The number of carbonyl (C=O) groups is 2. The Kier molecular flexibility index (Phi) is 5.23. The Labute approximate surface area is 124 Å². The number of hydrogen-bond donors (Lipinski definition) is 2. The number of ketones is 1. The number of Topliss-reactive ketones (excluding diaryl/α,β-unsaturated/α-hetero) is 1. The number of carbonyl (C=O) groups excluding carboxylic acids is 2. The molecule has 4 nitrogen and oxygen atoms in total. The fourth-order valence-electron chi connectivity index (χ4n) is 2.04. The molecule has 0 aliphatic carbocycles. The monoisotopic (exact) mass is 282 g/mol. The Bertz CT molecular complexity index is 597. The zero-order valence-corrected chi connectivity index (χ0v) is 11.9. The van der Waals surface area contributed by atoms with Gasteiger partial charge in [-0.15, -0.1) is 0 Å². The summed E-state index contributed by atoms with van der Waals surface area (Å²) in [6.07, 6.45) is 0. The van der Waals surface area contributed by atoms with Gasteiger partial charge in [-0.25, -0.2) is 0 Å². The van der Waals surface area contributed by atoms with Crippen molar-refractivity contribution in [3.63, 3.8) is 0 Å². The summed E-state index contributed by atoms with van der Waals surface area (Å²) in [5.41, 5.74) is 1.51. The normalized spacial score (nSPS) is 11.7. The largest absolute Gasteiger partial charge is 0.350 e. The minimum absolute atomic E-state index is 0.233. The molecule has 0 aliphatic rings. The quantitative estimate of drug-likeness (QED) is 0.627. The first-order valence-corrected chi connectivity index (χ1v) is 6.80. The van der Waals surface area contributed by atoms with E-state index in [-0.39, 0.29) is 11.7 Å². The number of benzene rings is 2. The van der Waals surface area contributed by atoms with Gasteiger partial charge in [0, 0.05) is 12.1 Å². The van der Waals surface area contributed by atoms with E-state index >= 15 is 0 Å². The molecule has 0 radical (unpaired) electrons. The van der Waals surface area contributed by atoms with Crippen LogP contribution in [0.1, 0.15) is 15.9 Å². The van der Waals surface area contributed by atoms with E-state index < -0.39 is 6.04 Å². The van der Waals surface area contributed by atoms with Crippen molar-refractivity contribution >= 4 is 11.7 Å². The van der Waals surface area contributed by atoms with Crippen molar-refractivity contribution in [2.45, 2.75) is 12.6 Å². The van der Waals surface area contributed by atoms with E-state index in [0.717, 1.165) is 5.56 Å². The highest BCUT2D eigenvalue weighted by molar-refractivity contribution is 6.13. The minimum atomic E-state index is -0.879. The average molecular weight is 282 g/mol. The van der Waals surface area contributed by atoms with Gasteiger partial charge in [0.25, 0.3) is 0 Å². The number of amides is 1. The third-order valence-corrected chi connectivity index (χ3v) is 3.18. The summed E-state index contributed by atoms with van der Waals surface area (Å²) in [5.74, 6) is -0.557. The molecule has 0 saturated heterocycles. The summed E-state index contributed by atoms with van der Waals surface area (Å²) in [6.45, 7) is 0.403. The van der Waals surface area contributed by atoms with Crippen LogP contribution in [0.5, 0.6) is 0 Å². The molecular formula is C17H18N2O2. The van der Waals surface area contributed by atoms with Crippen LogP contribution in [0.15, 0.2) is 60.7 Å². The van der Waals surface area contributed by atoms with Crippen molar-refractivity contribution in [3.05, 3.63) is 71.8 Å². The fraction of sp³-hybridized carbons (Fsp3) is 0.176. The van der Waals surface area contributed by atoms with Gasteiger partial charge in [-0.3, -0.25) is 9.59 Å². The minimum Gasteiger partial charge on any atom is -0.350 e. The number of rotatable bonds is 6. The van der Waals surface area contributed by atoms with Gasteiger partial charge in [-0.2, -0.15) is 0 Å². The van der Waals surface area contributed by atoms with Gasteiger partial charge >= 0.3 is 0 Å². The van der Waals surface area contributed by atoms with E-state index in [4.69, 9.17) is 0 Å². The zero-order valence-electron chi connectivity index (χ0n) is 11.9. The highest BCUT2D eigenvalue weighted by atomic mass is 16.2. The number of hydrogen-bond acceptors (Lipinski definition) is 3. The summed E-state index contributed by atoms with van der Waals surface area (Å²) >= 11 is 0. The van der Waals surface area contributed by atoms with Crippen LogP contribution in [0.4, 0.5) is 0 Å². The SMILES string of the molecule is CNC(C(=O)NCc1ccccc1)C(=O)c1ccccc1. The van der Waals surface area contributed by atoms with Crippen LogP contribution >= 0.6 is 0 Å². The van der Waals surface area contributed by atoms with Crippen molar-refractivity contribution in [3.8, 4) is 0 Å².